The van der Waals surface area contributed by atoms with Crippen molar-refractivity contribution in [3.63, 3.8) is 0 Å². The van der Waals surface area contributed by atoms with Crippen molar-refractivity contribution < 1.29 is 33.4 Å². The standard InChI is InChI=1S/C29H46N2O7/c1-19(23(25(34)37-28(5,6)7)31-22(32)18-27(2,3)4)36-24(33)21(30-26(35)38-29(8,9)10)17-16-20-14-12-11-13-15-20/h11-15,19,21,23H,16-18H2,1-10H3,(H,30,35)(H,31,32)/t19-,21?,23+/m1/s1. The zero-order valence-electron chi connectivity index (χ0n) is 24.6. The molecule has 1 aromatic carbocycles. The van der Waals surface area contributed by atoms with Gasteiger partial charge in [-0.2, -0.15) is 0 Å². The van der Waals surface area contributed by atoms with E-state index in [1.165, 1.54) is 6.92 Å². The molecule has 0 aromatic heterocycles. The average Bonchev–Trinajstić information content (AvgIpc) is 2.71. The van der Waals surface area contributed by atoms with Gasteiger partial charge in [0, 0.05) is 6.42 Å². The van der Waals surface area contributed by atoms with Gasteiger partial charge in [0.25, 0.3) is 0 Å². The van der Waals surface area contributed by atoms with E-state index >= 15 is 0 Å². The molecule has 214 valence electrons. The van der Waals surface area contributed by atoms with E-state index in [1.54, 1.807) is 41.5 Å². The number of alkyl carbamates (subject to hydrolysis) is 1. The second-order valence-electron chi connectivity index (χ2n) is 12.7. The summed E-state index contributed by atoms with van der Waals surface area (Å²) in [6.07, 6.45) is -0.944. The van der Waals surface area contributed by atoms with Crippen molar-refractivity contribution in [2.75, 3.05) is 0 Å². The molecule has 0 heterocycles. The van der Waals surface area contributed by atoms with Crippen LogP contribution in [0.1, 0.15) is 87.6 Å². The van der Waals surface area contributed by atoms with Crippen molar-refractivity contribution in [1.29, 1.82) is 0 Å². The molecule has 0 aliphatic carbocycles. The van der Waals surface area contributed by atoms with Crippen LogP contribution in [0, 0.1) is 5.41 Å². The molecule has 9 nitrogen and oxygen atoms in total. The summed E-state index contributed by atoms with van der Waals surface area (Å²) in [6, 6.07) is 7.22. The number of aryl methyl sites for hydroxylation is 1. The highest BCUT2D eigenvalue weighted by molar-refractivity contribution is 5.86. The zero-order valence-corrected chi connectivity index (χ0v) is 24.6. The fourth-order valence-corrected chi connectivity index (χ4v) is 3.43. The molecule has 0 spiro atoms. The Morgan fingerprint density at radius 1 is 0.789 bits per heavy atom. The normalized spacial score (nSPS) is 14.5. The zero-order chi connectivity index (χ0) is 29.3. The van der Waals surface area contributed by atoms with Crippen molar-refractivity contribution in [1.82, 2.24) is 10.6 Å². The summed E-state index contributed by atoms with van der Waals surface area (Å²) in [7, 11) is 0. The van der Waals surface area contributed by atoms with Crippen molar-refractivity contribution in [3.05, 3.63) is 35.9 Å². The Morgan fingerprint density at radius 3 is 1.84 bits per heavy atom. The maximum absolute atomic E-state index is 13.2. The second kappa shape index (κ2) is 13.6. The molecule has 0 radical (unpaired) electrons. The molecule has 2 N–H and O–H groups in total. The van der Waals surface area contributed by atoms with Crippen molar-refractivity contribution in [3.8, 4) is 0 Å². The summed E-state index contributed by atoms with van der Waals surface area (Å²) < 4.78 is 16.4. The van der Waals surface area contributed by atoms with Crippen LogP contribution in [0.5, 0.6) is 0 Å². The van der Waals surface area contributed by atoms with Gasteiger partial charge in [-0.25, -0.2) is 14.4 Å². The highest BCUT2D eigenvalue weighted by atomic mass is 16.6. The monoisotopic (exact) mass is 534 g/mol. The molecule has 0 fully saturated rings. The van der Waals surface area contributed by atoms with E-state index in [4.69, 9.17) is 14.2 Å². The molecule has 3 atom stereocenters. The third kappa shape index (κ3) is 14.0. The van der Waals surface area contributed by atoms with Crippen LogP contribution >= 0.6 is 0 Å². The Kier molecular flexibility index (Phi) is 11.8. The molecule has 9 heteroatoms. The van der Waals surface area contributed by atoms with Crippen LogP contribution in [0.4, 0.5) is 4.79 Å². The van der Waals surface area contributed by atoms with Gasteiger partial charge in [-0.05, 0) is 72.3 Å². The number of benzene rings is 1. The average molecular weight is 535 g/mol. The lowest BCUT2D eigenvalue weighted by atomic mass is 9.91. The summed E-state index contributed by atoms with van der Waals surface area (Å²) in [4.78, 5) is 51.4. The first kappa shape index (κ1) is 32.9. The van der Waals surface area contributed by atoms with Crippen molar-refractivity contribution in [2.45, 2.75) is 118 Å². The third-order valence-corrected chi connectivity index (χ3v) is 4.98. The molecule has 1 rings (SSSR count). The number of carbonyl (C=O) groups is 4. The van der Waals surface area contributed by atoms with E-state index in [0.717, 1.165) is 5.56 Å². The number of carbonyl (C=O) groups excluding carboxylic acids is 4. The lowest BCUT2D eigenvalue weighted by molar-refractivity contribution is -0.167. The maximum atomic E-state index is 13.2. The summed E-state index contributed by atoms with van der Waals surface area (Å²) in [5, 5.41) is 5.25. The summed E-state index contributed by atoms with van der Waals surface area (Å²) in [5.74, 6) is -1.84. The van der Waals surface area contributed by atoms with Gasteiger partial charge in [0.05, 0.1) is 0 Å². The Labute approximate surface area is 227 Å². The van der Waals surface area contributed by atoms with Crippen molar-refractivity contribution >= 4 is 23.9 Å². The van der Waals surface area contributed by atoms with E-state index in [9.17, 15) is 19.2 Å². The minimum atomic E-state index is -1.23. The summed E-state index contributed by atoms with van der Waals surface area (Å²) in [6.45, 7) is 17.5. The SMILES string of the molecule is C[C@@H](OC(=O)C(CCc1ccccc1)NC(=O)OC(C)(C)C)[C@H](NC(=O)CC(C)(C)C)C(=O)OC(C)(C)C. The number of hydrogen-bond acceptors (Lipinski definition) is 7. The van der Waals surface area contributed by atoms with E-state index in [0.29, 0.717) is 6.42 Å². The van der Waals surface area contributed by atoms with Gasteiger partial charge in [-0.1, -0.05) is 51.1 Å². The molecular formula is C29H46N2O7. The fourth-order valence-electron chi connectivity index (χ4n) is 3.43. The minimum absolute atomic E-state index is 0.160. The predicted molar refractivity (Wildman–Crippen MR) is 145 cm³/mol. The fraction of sp³-hybridized carbons (Fsp3) is 0.655. The van der Waals surface area contributed by atoms with Gasteiger partial charge < -0.3 is 24.8 Å². The van der Waals surface area contributed by atoms with Gasteiger partial charge >= 0.3 is 18.0 Å². The van der Waals surface area contributed by atoms with Crippen LogP contribution in [0.25, 0.3) is 0 Å². The van der Waals surface area contributed by atoms with E-state index in [2.05, 4.69) is 10.6 Å². The number of amides is 2. The lowest BCUT2D eigenvalue weighted by Gasteiger charge is -2.30. The molecule has 2 amide bonds. The highest BCUT2D eigenvalue weighted by Crippen LogP contribution is 2.19. The molecule has 0 aliphatic rings. The maximum Gasteiger partial charge on any atom is 0.408 e. The molecule has 0 aliphatic heterocycles. The van der Waals surface area contributed by atoms with Gasteiger partial charge in [0.15, 0.2) is 6.04 Å². The smallest absolute Gasteiger partial charge is 0.408 e. The molecule has 1 unspecified atom stereocenters. The Morgan fingerprint density at radius 2 is 1.34 bits per heavy atom. The van der Waals surface area contributed by atoms with Gasteiger partial charge in [-0.15, -0.1) is 0 Å². The highest BCUT2D eigenvalue weighted by Gasteiger charge is 2.36. The number of rotatable bonds is 10. The third-order valence-electron chi connectivity index (χ3n) is 4.98. The Balaban J connectivity index is 3.09. The van der Waals surface area contributed by atoms with Crippen LogP contribution in [0.3, 0.4) is 0 Å². The lowest BCUT2D eigenvalue weighted by Crippen LogP contribution is -2.53. The van der Waals surface area contributed by atoms with Crippen molar-refractivity contribution in [2.24, 2.45) is 5.41 Å². The quantitative estimate of drug-likeness (QED) is 0.330. The first-order chi connectivity index (χ1) is 17.3. The largest absolute Gasteiger partial charge is 0.458 e. The van der Waals surface area contributed by atoms with Crippen LogP contribution in [-0.4, -0.2) is 53.3 Å². The Hall–Kier alpha value is -3.10. The topological polar surface area (TPSA) is 120 Å². The number of hydrogen-bond donors (Lipinski definition) is 2. The summed E-state index contributed by atoms with van der Waals surface area (Å²) in [5.41, 5.74) is -0.915. The number of nitrogens with one attached hydrogen (secondary N) is 2. The van der Waals surface area contributed by atoms with Crippen LogP contribution in [-0.2, 0) is 35.0 Å². The van der Waals surface area contributed by atoms with E-state index in [1.807, 2.05) is 51.1 Å². The van der Waals surface area contributed by atoms with Crippen LogP contribution < -0.4 is 10.6 Å². The predicted octanol–water partition coefficient (Wildman–Crippen LogP) is 4.71. The van der Waals surface area contributed by atoms with Gasteiger partial charge in [0.2, 0.25) is 5.91 Å². The van der Waals surface area contributed by atoms with Gasteiger partial charge in [0.1, 0.15) is 23.3 Å². The van der Waals surface area contributed by atoms with E-state index in [-0.39, 0.29) is 24.2 Å². The summed E-state index contributed by atoms with van der Waals surface area (Å²) >= 11 is 0. The van der Waals surface area contributed by atoms with Crippen LogP contribution in [0.2, 0.25) is 0 Å². The molecule has 0 saturated heterocycles. The molecule has 0 saturated carbocycles. The van der Waals surface area contributed by atoms with Crippen LogP contribution in [0.15, 0.2) is 30.3 Å². The molecule has 38 heavy (non-hydrogen) atoms. The molecular weight excluding hydrogens is 488 g/mol. The number of esters is 2. The second-order valence-corrected chi connectivity index (χ2v) is 12.7. The number of ether oxygens (including phenoxy) is 3. The first-order valence-electron chi connectivity index (χ1n) is 13.0. The van der Waals surface area contributed by atoms with Gasteiger partial charge in [-0.3, -0.25) is 4.79 Å². The van der Waals surface area contributed by atoms with E-state index < -0.39 is 47.4 Å². The Bertz CT molecular complexity index is 940. The molecule has 1 aromatic rings. The minimum Gasteiger partial charge on any atom is -0.458 e. The molecule has 0 bridgehead atoms. The first-order valence-corrected chi connectivity index (χ1v) is 13.0.